The lowest BCUT2D eigenvalue weighted by atomic mass is 9.94. The van der Waals surface area contributed by atoms with E-state index in [2.05, 4.69) is 31.3 Å². The zero-order valence-electron chi connectivity index (χ0n) is 22.1. The van der Waals surface area contributed by atoms with Crippen LogP contribution in [0.15, 0.2) is 95.0 Å². The molecule has 6 rings (SSSR count). The number of benzene rings is 2. The Labute approximate surface area is 236 Å². The SMILES string of the molecule is CS(=O)(=O)c1ccc(Nc2ncnc(N3CCC(c4cc5ccccc5o4)CC3)c2[N+](=O)[O-])cc1.c1cncnc1. The predicted molar refractivity (Wildman–Crippen MR) is 154 cm³/mol. The lowest BCUT2D eigenvalue weighted by Crippen LogP contribution is -2.34. The Kier molecular flexibility index (Phi) is 8.15. The van der Waals surface area contributed by atoms with Crippen molar-refractivity contribution in [2.45, 2.75) is 23.7 Å². The van der Waals surface area contributed by atoms with Gasteiger partial charge in [-0.05, 0) is 55.3 Å². The summed E-state index contributed by atoms with van der Waals surface area (Å²) in [4.78, 5) is 29.2. The summed E-state index contributed by atoms with van der Waals surface area (Å²) >= 11 is 0. The molecule has 0 spiro atoms. The zero-order valence-corrected chi connectivity index (χ0v) is 22.9. The van der Waals surface area contributed by atoms with Crippen LogP contribution in [0.3, 0.4) is 0 Å². The number of para-hydroxylation sites is 1. The van der Waals surface area contributed by atoms with Crippen LogP contribution in [-0.4, -0.2) is 52.6 Å². The summed E-state index contributed by atoms with van der Waals surface area (Å²) in [5, 5.41) is 16.0. The quantitative estimate of drug-likeness (QED) is 0.212. The second-order valence-corrected chi connectivity index (χ2v) is 11.4. The average molecular weight is 574 g/mol. The van der Waals surface area contributed by atoms with Crippen molar-refractivity contribution >= 4 is 43.8 Å². The maximum atomic E-state index is 12.0. The van der Waals surface area contributed by atoms with Crippen molar-refractivity contribution in [3.05, 3.63) is 102 Å². The van der Waals surface area contributed by atoms with Gasteiger partial charge in [0, 0.05) is 48.7 Å². The molecule has 0 bridgehead atoms. The molecular formula is C28H27N7O5S. The number of fused-ring (bicyclic) bond motifs is 1. The summed E-state index contributed by atoms with van der Waals surface area (Å²) in [6.07, 6.45) is 8.84. The first kappa shape index (κ1) is 27.6. The summed E-state index contributed by atoms with van der Waals surface area (Å²) < 4.78 is 29.4. The minimum absolute atomic E-state index is 0.0477. The molecule has 12 nitrogen and oxygen atoms in total. The molecule has 0 aliphatic carbocycles. The minimum Gasteiger partial charge on any atom is -0.461 e. The smallest absolute Gasteiger partial charge is 0.353 e. The molecule has 1 aliphatic rings. The number of sulfone groups is 1. The largest absolute Gasteiger partial charge is 0.461 e. The minimum atomic E-state index is -3.34. The van der Waals surface area contributed by atoms with E-state index in [9.17, 15) is 18.5 Å². The van der Waals surface area contributed by atoms with Crippen LogP contribution in [0.1, 0.15) is 24.5 Å². The molecule has 1 fully saturated rings. The number of anilines is 3. The number of hydrogen-bond acceptors (Lipinski definition) is 11. The lowest BCUT2D eigenvalue weighted by molar-refractivity contribution is -0.383. The molecule has 0 atom stereocenters. The van der Waals surface area contributed by atoms with Crippen molar-refractivity contribution in [2.75, 3.05) is 29.6 Å². The molecule has 5 aromatic rings. The van der Waals surface area contributed by atoms with Crippen molar-refractivity contribution in [3.8, 4) is 0 Å². The highest BCUT2D eigenvalue weighted by Gasteiger charge is 2.31. The highest BCUT2D eigenvalue weighted by Crippen LogP contribution is 2.38. The summed E-state index contributed by atoms with van der Waals surface area (Å²) in [6.45, 7) is 1.17. The number of nitro groups is 1. The number of rotatable bonds is 6. The Morgan fingerprint density at radius 1 is 0.976 bits per heavy atom. The summed E-state index contributed by atoms with van der Waals surface area (Å²) in [5.74, 6) is 1.46. The molecule has 0 amide bonds. The molecule has 41 heavy (non-hydrogen) atoms. The first-order chi connectivity index (χ1) is 19.8. The van der Waals surface area contributed by atoms with Gasteiger partial charge in [0.2, 0.25) is 11.6 Å². The van der Waals surface area contributed by atoms with E-state index in [1.807, 2.05) is 29.2 Å². The first-order valence-electron chi connectivity index (χ1n) is 12.8. The number of nitrogens with one attached hydrogen (secondary N) is 1. The van der Waals surface area contributed by atoms with Crippen molar-refractivity contribution in [1.29, 1.82) is 0 Å². The number of furan rings is 1. The highest BCUT2D eigenvalue weighted by molar-refractivity contribution is 7.90. The first-order valence-corrected chi connectivity index (χ1v) is 14.7. The highest BCUT2D eigenvalue weighted by atomic mass is 32.2. The van der Waals surface area contributed by atoms with E-state index in [0.717, 1.165) is 35.8 Å². The van der Waals surface area contributed by atoms with E-state index >= 15 is 0 Å². The Morgan fingerprint density at radius 2 is 1.68 bits per heavy atom. The van der Waals surface area contributed by atoms with Crippen LogP contribution in [0.2, 0.25) is 0 Å². The molecule has 13 heteroatoms. The van der Waals surface area contributed by atoms with E-state index in [1.165, 1.54) is 24.8 Å². The average Bonchev–Trinajstić information content (AvgIpc) is 3.43. The number of nitrogens with zero attached hydrogens (tertiary/aromatic N) is 6. The van der Waals surface area contributed by atoms with Gasteiger partial charge in [-0.1, -0.05) is 18.2 Å². The van der Waals surface area contributed by atoms with E-state index in [-0.39, 0.29) is 28.1 Å². The molecule has 0 unspecified atom stereocenters. The lowest BCUT2D eigenvalue weighted by Gasteiger charge is -2.31. The molecule has 1 aliphatic heterocycles. The van der Waals surface area contributed by atoms with Gasteiger partial charge in [0.25, 0.3) is 0 Å². The number of piperidine rings is 1. The van der Waals surface area contributed by atoms with Crippen molar-refractivity contribution in [1.82, 2.24) is 19.9 Å². The molecule has 2 aromatic carbocycles. The monoisotopic (exact) mass is 573 g/mol. The molecule has 1 N–H and O–H groups in total. The Morgan fingerprint density at radius 3 is 2.27 bits per heavy atom. The Hall–Kier alpha value is -4.91. The summed E-state index contributed by atoms with van der Waals surface area (Å²) in [7, 11) is -3.34. The van der Waals surface area contributed by atoms with Gasteiger partial charge in [-0.25, -0.2) is 28.4 Å². The summed E-state index contributed by atoms with van der Waals surface area (Å²) in [5.41, 5.74) is 1.12. The molecule has 3 aromatic heterocycles. The number of aromatic nitrogens is 4. The molecular weight excluding hydrogens is 546 g/mol. The molecule has 0 radical (unpaired) electrons. The van der Waals surface area contributed by atoms with E-state index in [1.54, 1.807) is 30.6 Å². The van der Waals surface area contributed by atoms with Gasteiger partial charge in [0.1, 0.15) is 24.0 Å². The second-order valence-electron chi connectivity index (χ2n) is 9.43. The third kappa shape index (κ3) is 6.64. The van der Waals surface area contributed by atoms with Gasteiger partial charge in [-0.15, -0.1) is 0 Å². The molecule has 1 saturated heterocycles. The Bertz CT molecular complexity index is 1680. The third-order valence-corrected chi connectivity index (χ3v) is 7.78. The molecule has 0 saturated carbocycles. The van der Waals surface area contributed by atoms with E-state index < -0.39 is 14.8 Å². The van der Waals surface area contributed by atoms with Gasteiger partial charge in [0.15, 0.2) is 9.84 Å². The molecule has 210 valence electrons. The maximum Gasteiger partial charge on any atom is 0.353 e. The van der Waals surface area contributed by atoms with Crippen LogP contribution >= 0.6 is 0 Å². The fraction of sp³-hybridized carbons (Fsp3) is 0.214. The van der Waals surface area contributed by atoms with Gasteiger partial charge in [-0.3, -0.25) is 10.1 Å². The second kappa shape index (κ2) is 12.1. The van der Waals surface area contributed by atoms with Crippen LogP contribution in [-0.2, 0) is 9.84 Å². The Balaban J connectivity index is 0.000000500. The summed E-state index contributed by atoms with van der Waals surface area (Å²) in [6, 6.07) is 17.7. The van der Waals surface area contributed by atoms with Crippen LogP contribution in [0, 0.1) is 10.1 Å². The third-order valence-electron chi connectivity index (χ3n) is 6.65. The van der Waals surface area contributed by atoms with Crippen molar-refractivity contribution in [3.63, 3.8) is 0 Å². The standard InChI is InChI=1S/C24H23N5O5S.C4H4N2/c1-35(32,33)19-8-6-18(7-9-19)27-23-22(29(30)31)24(26-15-25-23)28-12-10-16(11-13-28)21-14-17-4-2-3-5-20(17)34-21;1-2-5-4-6-3-1/h2-9,14-16H,10-13H2,1H3,(H,25,26,27);1-4H. The predicted octanol–water partition coefficient (Wildman–Crippen LogP) is 5.14. The fourth-order valence-corrected chi connectivity index (χ4v) is 5.25. The number of hydrogen-bond donors (Lipinski definition) is 1. The van der Waals surface area contributed by atoms with Crippen LogP contribution < -0.4 is 10.2 Å². The van der Waals surface area contributed by atoms with Gasteiger partial charge < -0.3 is 14.6 Å². The maximum absolute atomic E-state index is 12.0. The van der Waals surface area contributed by atoms with Gasteiger partial charge in [0.05, 0.1) is 9.82 Å². The van der Waals surface area contributed by atoms with E-state index in [4.69, 9.17) is 4.42 Å². The van der Waals surface area contributed by atoms with Gasteiger partial charge >= 0.3 is 5.69 Å². The van der Waals surface area contributed by atoms with E-state index in [0.29, 0.717) is 18.8 Å². The van der Waals surface area contributed by atoms with Crippen LogP contribution in [0.5, 0.6) is 0 Å². The zero-order chi connectivity index (χ0) is 28.8. The normalized spacial score (nSPS) is 13.8. The van der Waals surface area contributed by atoms with Gasteiger partial charge in [-0.2, -0.15) is 0 Å². The van der Waals surface area contributed by atoms with Crippen molar-refractivity contribution in [2.24, 2.45) is 0 Å². The topological polar surface area (TPSA) is 157 Å². The van der Waals surface area contributed by atoms with Crippen molar-refractivity contribution < 1.29 is 17.8 Å². The molecule has 4 heterocycles. The van der Waals surface area contributed by atoms with Crippen LogP contribution in [0.25, 0.3) is 11.0 Å². The fourth-order valence-electron chi connectivity index (χ4n) is 4.62. The van der Waals surface area contributed by atoms with Crippen LogP contribution in [0.4, 0.5) is 23.0 Å².